The maximum Gasteiger partial charge on any atom is 0.168 e. The van der Waals surface area contributed by atoms with E-state index in [1.54, 1.807) is 6.20 Å². The van der Waals surface area contributed by atoms with Crippen LogP contribution in [0.1, 0.15) is 20.3 Å². The number of pyridine rings is 1. The number of ether oxygens (including phenoxy) is 2. The lowest BCUT2D eigenvalue weighted by Crippen LogP contribution is -2.13. The zero-order valence-corrected chi connectivity index (χ0v) is 11.2. The molecule has 0 aliphatic rings. The summed E-state index contributed by atoms with van der Waals surface area (Å²) in [7, 11) is 0. The molecule has 102 valence electrons. The lowest BCUT2D eigenvalue weighted by atomic mass is 10.3. The summed E-state index contributed by atoms with van der Waals surface area (Å²) >= 11 is 0. The summed E-state index contributed by atoms with van der Waals surface area (Å²) in [4.78, 5) is 4.27. The average Bonchev–Trinajstić information content (AvgIpc) is 2.35. The van der Waals surface area contributed by atoms with Crippen molar-refractivity contribution in [3.8, 4) is 5.75 Å². The summed E-state index contributed by atoms with van der Waals surface area (Å²) in [5.41, 5.74) is 5.33. The Bertz CT molecular complexity index is 332. The van der Waals surface area contributed by atoms with Crippen LogP contribution in [0.3, 0.4) is 0 Å². The number of anilines is 1. The quantitative estimate of drug-likeness (QED) is 0.655. The van der Waals surface area contributed by atoms with Gasteiger partial charge in [0.15, 0.2) is 11.6 Å². The monoisotopic (exact) mass is 253 g/mol. The molecule has 5 nitrogen and oxygen atoms in total. The third-order valence-electron chi connectivity index (χ3n) is 2.15. The second-order valence-corrected chi connectivity index (χ2v) is 4.20. The lowest BCUT2D eigenvalue weighted by Gasteiger charge is -2.14. The predicted molar refractivity (Wildman–Crippen MR) is 73.0 cm³/mol. The predicted octanol–water partition coefficient (Wildman–Crippen LogP) is 1.65. The SMILES string of the molecule is CC(C)Oc1cccnc1NCCCOCCN. The van der Waals surface area contributed by atoms with E-state index in [0.717, 1.165) is 24.5 Å². The molecule has 0 aromatic carbocycles. The van der Waals surface area contributed by atoms with Crippen molar-refractivity contribution in [2.75, 3.05) is 31.6 Å². The van der Waals surface area contributed by atoms with Crippen LogP contribution in [0.25, 0.3) is 0 Å². The Morgan fingerprint density at radius 1 is 1.39 bits per heavy atom. The van der Waals surface area contributed by atoms with Gasteiger partial charge in [-0.2, -0.15) is 0 Å². The molecule has 3 N–H and O–H groups in total. The van der Waals surface area contributed by atoms with E-state index in [2.05, 4.69) is 10.3 Å². The van der Waals surface area contributed by atoms with Crippen molar-refractivity contribution in [1.82, 2.24) is 4.98 Å². The zero-order chi connectivity index (χ0) is 13.2. The van der Waals surface area contributed by atoms with E-state index in [1.807, 2.05) is 26.0 Å². The van der Waals surface area contributed by atoms with Crippen molar-refractivity contribution in [2.24, 2.45) is 5.73 Å². The average molecular weight is 253 g/mol. The van der Waals surface area contributed by atoms with Gasteiger partial charge in [-0.05, 0) is 32.4 Å². The number of nitrogens with zero attached hydrogens (tertiary/aromatic N) is 1. The molecule has 5 heteroatoms. The Kier molecular flexibility index (Phi) is 7.13. The fraction of sp³-hybridized carbons (Fsp3) is 0.615. The van der Waals surface area contributed by atoms with Gasteiger partial charge >= 0.3 is 0 Å². The standard InChI is InChI=1S/C13H23N3O2/c1-11(2)18-12-5-3-7-15-13(12)16-8-4-9-17-10-6-14/h3,5,7,11H,4,6,8-10,14H2,1-2H3,(H,15,16). The molecule has 0 spiro atoms. The molecule has 1 aromatic heterocycles. The molecular weight excluding hydrogens is 230 g/mol. The smallest absolute Gasteiger partial charge is 0.168 e. The summed E-state index contributed by atoms with van der Waals surface area (Å²) < 4.78 is 11.0. The van der Waals surface area contributed by atoms with Gasteiger partial charge in [0.1, 0.15) is 0 Å². The van der Waals surface area contributed by atoms with Crippen LogP contribution in [0.2, 0.25) is 0 Å². The van der Waals surface area contributed by atoms with Gasteiger partial charge in [-0.15, -0.1) is 0 Å². The van der Waals surface area contributed by atoms with E-state index in [0.29, 0.717) is 19.8 Å². The zero-order valence-electron chi connectivity index (χ0n) is 11.2. The van der Waals surface area contributed by atoms with E-state index < -0.39 is 0 Å². The van der Waals surface area contributed by atoms with E-state index in [-0.39, 0.29) is 6.10 Å². The van der Waals surface area contributed by atoms with Gasteiger partial charge in [0, 0.05) is 25.9 Å². The molecule has 0 atom stereocenters. The van der Waals surface area contributed by atoms with Crippen molar-refractivity contribution in [1.29, 1.82) is 0 Å². The van der Waals surface area contributed by atoms with Gasteiger partial charge < -0.3 is 20.5 Å². The van der Waals surface area contributed by atoms with Crippen molar-refractivity contribution < 1.29 is 9.47 Å². The molecule has 0 unspecified atom stereocenters. The Morgan fingerprint density at radius 2 is 2.22 bits per heavy atom. The fourth-order valence-electron chi connectivity index (χ4n) is 1.44. The van der Waals surface area contributed by atoms with Gasteiger partial charge in [-0.3, -0.25) is 0 Å². The number of nitrogens with two attached hydrogens (primary N) is 1. The molecule has 1 heterocycles. The van der Waals surface area contributed by atoms with Crippen LogP contribution >= 0.6 is 0 Å². The molecule has 18 heavy (non-hydrogen) atoms. The molecule has 0 aliphatic heterocycles. The van der Waals surface area contributed by atoms with Gasteiger partial charge in [0.25, 0.3) is 0 Å². The van der Waals surface area contributed by atoms with E-state index in [4.69, 9.17) is 15.2 Å². The highest BCUT2D eigenvalue weighted by molar-refractivity contribution is 5.49. The molecule has 1 rings (SSSR count). The molecule has 0 bridgehead atoms. The van der Waals surface area contributed by atoms with Crippen LogP contribution in [0, 0.1) is 0 Å². The van der Waals surface area contributed by atoms with Crippen molar-refractivity contribution in [2.45, 2.75) is 26.4 Å². The van der Waals surface area contributed by atoms with Crippen molar-refractivity contribution in [3.05, 3.63) is 18.3 Å². The highest BCUT2D eigenvalue weighted by Crippen LogP contribution is 2.21. The topological polar surface area (TPSA) is 69.4 Å². The number of aromatic nitrogens is 1. The van der Waals surface area contributed by atoms with Crippen LogP contribution in [0.15, 0.2) is 18.3 Å². The summed E-state index contributed by atoms with van der Waals surface area (Å²) in [6.45, 7) is 6.69. The third-order valence-corrected chi connectivity index (χ3v) is 2.15. The highest BCUT2D eigenvalue weighted by atomic mass is 16.5. The fourth-order valence-corrected chi connectivity index (χ4v) is 1.44. The minimum Gasteiger partial charge on any atom is -0.487 e. The van der Waals surface area contributed by atoms with Gasteiger partial charge in [0.2, 0.25) is 0 Å². The number of nitrogens with one attached hydrogen (secondary N) is 1. The van der Waals surface area contributed by atoms with Crippen LogP contribution in [-0.4, -0.2) is 37.4 Å². The molecule has 0 saturated heterocycles. The minimum atomic E-state index is 0.141. The Morgan fingerprint density at radius 3 is 2.94 bits per heavy atom. The summed E-state index contributed by atoms with van der Waals surface area (Å²) in [5.74, 6) is 1.57. The van der Waals surface area contributed by atoms with Crippen LogP contribution in [-0.2, 0) is 4.74 Å². The van der Waals surface area contributed by atoms with Crippen molar-refractivity contribution in [3.63, 3.8) is 0 Å². The molecule has 1 aromatic rings. The first-order valence-corrected chi connectivity index (χ1v) is 6.37. The second kappa shape index (κ2) is 8.72. The summed E-state index contributed by atoms with van der Waals surface area (Å²) in [5, 5.41) is 3.25. The largest absolute Gasteiger partial charge is 0.487 e. The van der Waals surface area contributed by atoms with E-state index >= 15 is 0 Å². The molecule has 0 saturated carbocycles. The van der Waals surface area contributed by atoms with Crippen LogP contribution in [0.5, 0.6) is 5.75 Å². The third kappa shape index (κ3) is 5.84. The van der Waals surface area contributed by atoms with Crippen LogP contribution < -0.4 is 15.8 Å². The lowest BCUT2D eigenvalue weighted by molar-refractivity contribution is 0.141. The molecule has 0 aliphatic carbocycles. The summed E-state index contributed by atoms with van der Waals surface area (Å²) in [6.07, 6.45) is 2.81. The maximum atomic E-state index is 5.67. The number of hydrogen-bond donors (Lipinski definition) is 2. The Hall–Kier alpha value is -1.33. The van der Waals surface area contributed by atoms with Gasteiger partial charge in [-0.1, -0.05) is 0 Å². The van der Waals surface area contributed by atoms with Gasteiger partial charge in [0.05, 0.1) is 12.7 Å². The van der Waals surface area contributed by atoms with Gasteiger partial charge in [-0.25, -0.2) is 4.98 Å². The Balaban J connectivity index is 2.32. The first-order valence-electron chi connectivity index (χ1n) is 6.37. The number of hydrogen-bond acceptors (Lipinski definition) is 5. The van der Waals surface area contributed by atoms with Crippen molar-refractivity contribution >= 4 is 5.82 Å². The van der Waals surface area contributed by atoms with E-state index in [9.17, 15) is 0 Å². The number of rotatable bonds is 9. The maximum absolute atomic E-state index is 5.67. The highest BCUT2D eigenvalue weighted by Gasteiger charge is 2.05. The normalized spacial score (nSPS) is 10.7. The second-order valence-electron chi connectivity index (χ2n) is 4.20. The Labute approximate surface area is 109 Å². The molecular formula is C13H23N3O2. The summed E-state index contributed by atoms with van der Waals surface area (Å²) in [6, 6.07) is 3.79. The van der Waals surface area contributed by atoms with Crippen LogP contribution in [0.4, 0.5) is 5.82 Å². The molecule has 0 radical (unpaired) electrons. The van der Waals surface area contributed by atoms with E-state index in [1.165, 1.54) is 0 Å². The molecule has 0 amide bonds. The first kappa shape index (κ1) is 14.7. The minimum absolute atomic E-state index is 0.141. The molecule has 0 fully saturated rings. The first-order chi connectivity index (χ1) is 8.74.